The molecular weight excluding hydrogens is 249 g/mol. The fraction of sp³-hybridized carbons (Fsp3) is 0.455. The van der Waals surface area contributed by atoms with Crippen LogP contribution >= 0.6 is 0 Å². The lowest BCUT2D eigenvalue weighted by Crippen LogP contribution is -2.39. The van der Waals surface area contributed by atoms with E-state index in [4.69, 9.17) is 5.11 Å². The van der Waals surface area contributed by atoms with Gasteiger partial charge >= 0.3 is 12.1 Å². The quantitative estimate of drug-likeness (QED) is 0.762. The molecule has 2 N–H and O–H groups in total. The molecule has 4 nitrogen and oxygen atoms in total. The molecule has 0 aromatic carbocycles. The van der Waals surface area contributed by atoms with Crippen LogP contribution in [0.15, 0.2) is 24.5 Å². The predicted octanol–water partition coefficient (Wildman–Crippen LogP) is 1.48. The third-order valence-corrected chi connectivity index (χ3v) is 2.38. The van der Waals surface area contributed by atoms with Crippen LogP contribution < -0.4 is 5.32 Å². The molecule has 0 saturated heterocycles. The van der Waals surface area contributed by atoms with E-state index >= 15 is 0 Å². The molecule has 1 aromatic rings. The number of aliphatic carboxylic acids is 1. The molecule has 0 bridgehead atoms. The highest BCUT2D eigenvalue weighted by Crippen LogP contribution is 2.25. The average molecular weight is 262 g/mol. The third kappa shape index (κ3) is 4.70. The van der Waals surface area contributed by atoms with Gasteiger partial charge in [0.05, 0.1) is 0 Å². The zero-order valence-electron chi connectivity index (χ0n) is 9.44. The summed E-state index contributed by atoms with van der Waals surface area (Å²) >= 11 is 0. The van der Waals surface area contributed by atoms with E-state index in [-0.39, 0.29) is 6.54 Å². The summed E-state index contributed by atoms with van der Waals surface area (Å²) in [4.78, 5) is 14.3. The normalized spacial score (nSPS) is 13.3. The number of carbonyl (C=O) groups is 1. The topological polar surface area (TPSA) is 62.2 Å². The second-order valence-electron chi connectivity index (χ2n) is 3.74. The Labute approximate surface area is 102 Å². The molecule has 0 saturated carbocycles. The smallest absolute Gasteiger partial charge is 0.403 e. The molecule has 0 spiro atoms. The fourth-order valence-corrected chi connectivity index (χ4v) is 1.37. The Balaban J connectivity index is 2.34. The van der Waals surface area contributed by atoms with Gasteiger partial charge in [0.15, 0.2) is 5.92 Å². The molecule has 1 aromatic heterocycles. The fourth-order valence-electron chi connectivity index (χ4n) is 1.37. The second kappa shape index (κ2) is 6.34. The molecule has 0 aliphatic rings. The number of hydrogen-bond acceptors (Lipinski definition) is 3. The van der Waals surface area contributed by atoms with E-state index in [0.29, 0.717) is 6.42 Å². The maximum Gasteiger partial charge on any atom is 0.403 e. The summed E-state index contributed by atoms with van der Waals surface area (Å²) in [5, 5.41) is 11.0. The van der Waals surface area contributed by atoms with Gasteiger partial charge in [-0.2, -0.15) is 13.2 Å². The number of rotatable bonds is 6. The average Bonchev–Trinajstić information content (AvgIpc) is 2.27. The van der Waals surface area contributed by atoms with E-state index < -0.39 is 24.6 Å². The maximum absolute atomic E-state index is 12.3. The summed E-state index contributed by atoms with van der Waals surface area (Å²) < 4.78 is 36.9. The van der Waals surface area contributed by atoms with Gasteiger partial charge in [-0.3, -0.25) is 9.78 Å². The molecule has 1 rings (SSSR count). The Kier molecular flexibility index (Phi) is 5.08. The minimum Gasteiger partial charge on any atom is -0.481 e. The third-order valence-electron chi connectivity index (χ3n) is 2.38. The highest BCUT2D eigenvalue weighted by molar-refractivity contribution is 5.71. The van der Waals surface area contributed by atoms with Crippen molar-refractivity contribution in [3.63, 3.8) is 0 Å². The summed E-state index contributed by atoms with van der Waals surface area (Å²) in [6, 6.07) is 3.50. The second-order valence-corrected chi connectivity index (χ2v) is 3.74. The van der Waals surface area contributed by atoms with Crippen molar-refractivity contribution in [1.29, 1.82) is 0 Å². The first-order valence-corrected chi connectivity index (χ1v) is 5.30. The van der Waals surface area contributed by atoms with Gasteiger partial charge in [0, 0.05) is 18.9 Å². The van der Waals surface area contributed by atoms with Gasteiger partial charge < -0.3 is 10.4 Å². The van der Waals surface area contributed by atoms with Crippen LogP contribution in [0.25, 0.3) is 0 Å². The lowest BCUT2D eigenvalue weighted by Gasteiger charge is -2.16. The number of halogens is 3. The van der Waals surface area contributed by atoms with Gasteiger partial charge in [-0.25, -0.2) is 0 Å². The molecule has 100 valence electrons. The van der Waals surface area contributed by atoms with E-state index in [1.54, 1.807) is 24.5 Å². The molecule has 1 unspecified atom stereocenters. The summed E-state index contributed by atoms with van der Waals surface area (Å²) in [7, 11) is 0. The van der Waals surface area contributed by atoms with Crippen LogP contribution in [0.1, 0.15) is 5.56 Å². The van der Waals surface area contributed by atoms with E-state index in [2.05, 4.69) is 10.3 Å². The number of aromatic nitrogens is 1. The Hall–Kier alpha value is -1.63. The zero-order chi connectivity index (χ0) is 13.6. The SMILES string of the molecule is O=C(O)C(CNCCc1ccncc1)C(F)(F)F. The number of hydrogen-bond donors (Lipinski definition) is 2. The van der Waals surface area contributed by atoms with E-state index in [0.717, 1.165) is 5.56 Å². The van der Waals surface area contributed by atoms with Crippen LogP contribution in [0, 0.1) is 5.92 Å². The monoisotopic (exact) mass is 262 g/mol. The first kappa shape index (κ1) is 14.4. The van der Waals surface area contributed by atoms with Crippen molar-refractivity contribution in [2.75, 3.05) is 13.1 Å². The van der Waals surface area contributed by atoms with Gasteiger partial charge in [0.25, 0.3) is 0 Å². The highest BCUT2D eigenvalue weighted by atomic mass is 19.4. The number of pyridine rings is 1. The van der Waals surface area contributed by atoms with Crippen molar-refractivity contribution in [3.8, 4) is 0 Å². The highest BCUT2D eigenvalue weighted by Gasteiger charge is 2.44. The van der Waals surface area contributed by atoms with Gasteiger partial charge in [0.1, 0.15) is 0 Å². The first-order chi connectivity index (χ1) is 8.41. The van der Waals surface area contributed by atoms with Crippen molar-refractivity contribution in [2.45, 2.75) is 12.6 Å². The van der Waals surface area contributed by atoms with Crippen LogP contribution in [0.3, 0.4) is 0 Å². The van der Waals surface area contributed by atoms with Crippen molar-refractivity contribution < 1.29 is 23.1 Å². The van der Waals surface area contributed by atoms with Crippen LogP contribution in [0.4, 0.5) is 13.2 Å². The van der Waals surface area contributed by atoms with Crippen molar-refractivity contribution in [3.05, 3.63) is 30.1 Å². The zero-order valence-corrected chi connectivity index (χ0v) is 9.44. The lowest BCUT2D eigenvalue weighted by atomic mass is 10.1. The number of carboxylic acid groups (broad SMARTS) is 1. The number of nitrogens with zero attached hydrogens (tertiary/aromatic N) is 1. The summed E-state index contributed by atoms with van der Waals surface area (Å²) in [6.45, 7) is -0.339. The van der Waals surface area contributed by atoms with Crippen LogP contribution in [-0.4, -0.2) is 35.3 Å². The number of nitrogens with one attached hydrogen (secondary N) is 1. The van der Waals surface area contributed by atoms with E-state index in [9.17, 15) is 18.0 Å². The maximum atomic E-state index is 12.3. The van der Waals surface area contributed by atoms with Gasteiger partial charge in [0.2, 0.25) is 0 Å². The molecule has 0 radical (unpaired) electrons. The first-order valence-electron chi connectivity index (χ1n) is 5.30. The predicted molar refractivity (Wildman–Crippen MR) is 58.0 cm³/mol. The van der Waals surface area contributed by atoms with Gasteiger partial charge in [-0.05, 0) is 30.7 Å². The molecule has 1 atom stereocenters. The lowest BCUT2D eigenvalue weighted by molar-refractivity contribution is -0.192. The molecule has 0 aliphatic heterocycles. The Morgan fingerprint density at radius 3 is 2.50 bits per heavy atom. The Morgan fingerprint density at radius 1 is 1.39 bits per heavy atom. The molecule has 7 heteroatoms. The van der Waals surface area contributed by atoms with Gasteiger partial charge in [-0.15, -0.1) is 0 Å². The molecule has 1 heterocycles. The molecular formula is C11H13F3N2O2. The van der Waals surface area contributed by atoms with Crippen LogP contribution in [0.2, 0.25) is 0 Å². The Bertz CT molecular complexity index is 382. The number of carboxylic acids is 1. The standard InChI is InChI=1S/C11H13F3N2O2/c12-11(13,14)9(10(17)18)7-16-6-3-8-1-4-15-5-2-8/h1-2,4-5,9,16H,3,6-7H2,(H,17,18). The van der Waals surface area contributed by atoms with E-state index in [1.807, 2.05) is 0 Å². The summed E-state index contributed by atoms with van der Waals surface area (Å²) in [5.74, 6) is -4.23. The van der Waals surface area contributed by atoms with Crippen molar-refractivity contribution >= 4 is 5.97 Å². The molecule has 0 fully saturated rings. The molecule has 0 amide bonds. The molecule has 18 heavy (non-hydrogen) atoms. The van der Waals surface area contributed by atoms with Gasteiger partial charge in [-0.1, -0.05) is 0 Å². The van der Waals surface area contributed by atoms with Crippen molar-refractivity contribution in [1.82, 2.24) is 10.3 Å². The van der Waals surface area contributed by atoms with E-state index in [1.165, 1.54) is 0 Å². The number of alkyl halides is 3. The summed E-state index contributed by atoms with van der Waals surface area (Å²) in [5.41, 5.74) is 0.927. The van der Waals surface area contributed by atoms with Crippen LogP contribution in [0.5, 0.6) is 0 Å². The largest absolute Gasteiger partial charge is 0.481 e. The van der Waals surface area contributed by atoms with Crippen LogP contribution in [-0.2, 0) is 11.2 Å². The summed E-state index contributed by atoms with van der Waals surface area (Å²) in [6.07, 6.45) is -1.03. The minimum atomic E-state index is -4.73. The molecule has 0 aliphatic carbocycles. The minimum absolute atomic E-state index is 0.282. The van der Waals surface area contributed by atoms with Crippen molar-refractivity contribution in [2.24, 2.45) is 5.92 Å². The Morgan fingerprint density at radius 2 is 2.00 bits per heavy atom.